The van der Waals surface area contributed by atoms with E-state index in [2.05, 4.69) is 0 Å². The molecule has 0 aromatic carbocycles. The maximum atomic E-state index is 12.2. The van der Waals surface area contributed by atoms with Crippen molar-refractivity contribution in [3.05, 3.63) is 12.2 Å². The van der Waals surface area contributed by atoms with Crippen molar-refractivity contribution < 1.29 is 27.6 Å². The minimum atomic E-state index is -4.54. The summed E-state index contributed by atoms with van der Waals surface area (Å²) in [6.45, 7) is -0.229. The van der Waals surface area contributed by atoms with Crippen molar-refractivity contribution in [2.75, 3.05) is 6.54 Å². The number of nitrogens with one attached hydrogen (secondary N) is 1. The maximum absolute atomic E-state index is 12.2. The quantitative estimate of drug-likeness (QED) is 0.625. The number of allylic oxidation sites excluding steroid dienone is 2. The predicted octanol–water partition coefficient (Wildman–Crippen LogP) is 1.00. The number of nitrogens with zero attached hydrogens (tertiary/aromatic N) is 1. The van der Waals surface area contributed by atoms with Gasteiger partial charge in [-0.1, -0.05) is 12.2 Å². The van der Waals surface area contributed by atoms with Crippen molar-refractivity contribution in [1.82, 2.24) is 10.2 Å². The van der Waals surface area contributed by atoms with Crippen molar-refractivity contribution in [3.8, 4) is 0 Å². The second-order valence-electron chi connectivity index (χ2n) is 5.21. The van der Waals surface area contributed by atoms with Crippen LogP contribution in [0, 0.1) is 11.8 Å². The minimum absolute atomic E-state index is 0.419. The molecule has 0 spiro atoms. The zero-order valence-electron chi connectivity index (χ0n) is 11.3. The van der Waals surface area contributed by atoms with Gasteiger partial charge >= 0.3 is 6.18 Å². The summed E-state index contributed by atoms with van der Waals surface area (Å²) in [6, 6.07) is -1.24. The monoisotopic (exact) mass is 304 g/mol. The molecule has 0 aromatic heterocycles. The lowest BCUT2D eigenvalue weighted by Gasteiger charge is -2.22. The maximum Gasteiger partial charge on any atom is 0.405 e. The van der Waals surface area contributed by atoms with Crippen molar-refractivity contribution >= 4 is 17.7 Å². The van der Waals surface area contributed by atoms with Crippen LogP contribution in [0.25, 0.3) is 0 Å². The fourth-order valence-electron chi connectivity index (χ4n) is 2.66. The molecular weight excluding hydrogens is 289 g/mol. The van der Waals surface area contributed by atoms with Gasteiger partial charge in [0, 0.05) is 0 Å². The summed E-state index contributed by atoms with van der Waals surface area (Å²) >= 11 is 0. The summed E-state index contributed by atoms with van der Waals surface area (Å²) in [4.78, 5) is 36.8. The molecule has 116 valence electrons. The highest BCUT2D eigenvalue weighted by atomic mass is 19.4. The standard InChI is InChI=1S/C13H15F3N2O3/c1-7(10(19)17-6-13(14,15)16)18-11(20)8-4-2-3-5-9(8)12(18)21/h2-3,7-9H,4-6H2,1H3,(H,17,19)/t7-,8?,9?/m0/s1. The lowest BCUT2D eigenvalue weighted by Crippen LogP contribution is -2.50. The van der Waals surface area contributed by atoms with Crippen LogP contribution in [-0.4, -0.2) is 41.4 Å². The van der Waals surface area contributed by atoms with E-state index in [1.807, 2.05) is 0 Å². The normalized spacial score (nSPS) is 26.8. The first-order valence-corrected chi connectivity index (χ1v) is 6.58. The molecular formula is C13H15F3N2O3. The largest absolute Gasteiger partial charge is 0.405 e. The Morgan fingerprint density at radius 3 is 2.19 bits per heavy atom. The number of hydrogen-bond acceptors (Lipinski definition) is 3. The third-order valence-electron chi connectivity index (χ3n) is 3.77. The third-order valence-corrected chi connectivity index (χ3v) is 3.77. The Labute approximate surface area is 119 Å². The van der Waals surface area contributed by atoms with Crippen LogP contribution in [0.3, 0.4) is 0 Å². The van der Waals surface area contributed by atoms with Crippen LogP contribution < -0.4 is 5.32 Å². The number of alkyl halides is 3. The SMILES string of the molecule is C[C@@H](C(=O)NCC(F)(F)F)N1C(=O)C2CC=CCC2C1=O. The molecule has 1 heterocycles. The molecule has 1 aliphatic heterocycles. The van der Waals surface area contributed by atoms with Gasteiger partial charge in [-0.25, -0.2) is 0 Å². The number of amides is 3. The van der Waals surface area contributed by atoms with Crippen LogP contribution in [0.4, 0.5) is 13.2 Å². The second kappa shape index (κ2) is 5.50. The van der Waals surface area contributed by atoms with Gasteiger partial charge in [-0.2, -0.15) is 13.2 Å². The number of imide groups is 1. The fourth-order valence-corrected chi connectivity index (χ4v) is 2.66. The molecule has 2 unspecified atom stereocenters. The molecule has 5 nitrogen and oxygen atoms in total. The zero-order valence-corrected chi connectivity index (χ0v) is 11.3. The van der Waals surface area contributed by atoms with Crippen LogP contribution in [0.1, 0.15) is 19.8 Å². The van der Waals surface area contributed by atoms with Crippen LogP contribution in [-0.2, 0) is 14.4 Å². The van der Waals surface area contributed by atoms with Gasteiger partial charge in [0.05, 0.1) is 11.8 Å². The molecule has 8 heteroatoms. The highest BCUT2D eigenvalue weighted by Crippen LogP contribution is 2.36. The Morgan fingerprint density at radius 2 is 1.76 bits per heavy atom. The number of halogens is 3. The van der Waals surface area contributed by atoms with E-state index in [4.69, 9.17) is 0 Å². The third kappa shape index (κ3) is 3.08. The smallest absolute Gasteiger partial charge is 0.345 e. The van der Waals surface area contributed by atoms with Gasteiger partial charge in [-0.3, -0.25) is 19.3 Å². The summed E-state index contributed by atoms with van der Waals surface area (Å²) in [7, 11) is 0. The van der Waals surface area contributed by atoms with Gasteiger partial charge in [-0.15, -0.1) is 0 Å². The van der Waals surface area contributed by atoms with E-state index in [0.717, 1.165) is 4.90 Å². The summed E-state index contributed by atoms with van der Waals surface area (Å²) in [5.41, 5.74) is 0. The first-order chi connectivity index (χ1) is 9.72. The van der Waals surface area contributed by atoms with Gasteiger partial charge in [0.1, 0.15) is 12.6 Å². The zero-order chi connectivity index (χ0) is 15.8. The van der Waals surface area contributed by atoms with Gasteiger partial charge in [0.25, 0.3) is 0 Å². The number of hydrogen-bond donors (Lipinski definition) is 1. The van der Waals surface area contributed by atoms with Crippen LogP contribution >= 0.6 is 0 Å². The van der Waals surface area contributed by atoms with Crippen molar-refractivity contribution in [2.24, 2.45) is 11.8 Å². The summed E-state index contributed by atoms with van der Waals surface area (Å²) in [6.07, 6.45) is -0.105. The molecule has 0 saturated carbocycles. The van der Waals surface area contributed by atoms with Gasteiger partial charge in [0.2, 0.25) is 17.7 Å². The fraction of sp³-hybridized carbons (Fsp3) is 0.615. The molecule has 1 aliphatic carbocycles. The van der Waals surface area contributed by atoms with Gasteiger partial charge in [-0.05, 0) is 19.8 Å². The summed E-state index contributed by atoms with van der Waals surface area (Å²) < 4.78 is 36.2. The van der Waals surface area contributed by atoms with E-state index in [9.17, 15) is 27.6 Å². The Balaban J connectivity index is 2.05. The molecule has 0 radical (unpaired) electrons. The molecule has 1 N–H and O–H groups in total. The Bertz CT molecular complexity index is 475. The van der Waals surface area contributed by atoms with E-state index in [0.29, 0.717) is 12.8 Å². The van der Waals surface area contributed by atoms with E-state index in [1.54, 1.807) is 17.5 Å². The minimum Gasteiger partial charge on any atom is -0.345 e. The molecule has 1 saturated heterocycles. The van der Waals surface area contributed by atoms with E-state index < -0.39 is 48.3 Å². The molecule has 3 atom stereocenters. The second-order valence-corrected chi connectivity index (χ2v) is 5.21. The van der Waals surface area contributed by atoms with Gasteiger partial charge < -0.3 is 5.32 Å². The average molecular weight is 304 g/mol. The van der Waals surface area contributed by atoms with Crippen LogP contribution in [0.15, 0.2) is 12.2 Å². The number of fused-ring (bicyclic) bond motifs is 1. The lowest BCUT2D eigenvalue weighted by atomic mass is 9.85. The molecule has 2 rings (SSSR count). The summed E-state index contributed by atoms with van der Waals surface area (Å²) in [5, 5.41) is 1.70. The topological polar surface area (TPSA) is 66.5 Å². The predicted molar refractivity (Wildman–Crippen MR) is 65.7 cm³/mol. The van der Waals surface area contributed by atoms with Crippen molar-refractivity contribution in [3.63, 3.8) is 0 Å². The molecule has 0 bridgehead atoms. The van der Waals surface area contributed by atoms with Crippen LogP contribution in [0.5, 0.6) is 0 Å². The lowest BCUT2D eigenvalue weighted by molar-refractivity contribution is -0.150. The first kappa shape index (κ1) is 15.5. The average Bonchev–Trinajstić information content (AvgIpc) is 2.67. The van der Waals surface area contributed by atoms with E-state index >= 15 is 0 Å². The Hall–Kier alpha value is -1.86. The number of likely N-dealkylation sites (tertiary alicyclic amines) is 1. The highest BCUT2D eigenvalue weighted by Gasteiger charge is 2.50. The van der Waals surface area contributed by atoms with E-state index in [-0.39, 0.29) is 0 Å². The number of carbonyl (C=O) groups is 3. The molecule has 2 aliphatic rings. The number of rotatable bonds is 3. The Morgan fingerprint density at radius 1 is 1.29 bits per heavy atom. The molecule has 1 fully saturated rings. The molecule has 3 amide bonds. The van der Waals surface area contributed by atoms with Crippen molar-refractivity contribution in [1.29, 1.82) is 0 Å². The van der Waals surface area contributed by atoms with E-state index in [1.165, 1.54) is 6.92 Å². The van der Waals surface area contributed by atoms with Gasteiger partial charge in [0.15, 0.2) is 0 Å². The highest BCUT2D eigenvalue weighted by molar-refractivity contribution is 6.08. The number of carbonyl (C=O) groups excluding carboxylic acids is 3. The first-order valence-electron chi connectivity index (χ1n) is 6.58. The summed E-state index contributed by atoms with van der Waals surface area (Å²) in [5.74, 6) is -2.95. The van der Waals surface area contributed by atoms with Crippen LogP contribution in [0.2, 0.25) is 0 Å². The Kier molecular flexibility index (Phi) is 4.06. The molecule has 21 heavy (non-hydrogen) atoms. The molecule has 0 aromatic rings. The van der Waals surface area contributed by atoms with Crippen molar-refractivity contribution in [2.45, 2.75) is 32.0 Å².